The molecule has 1 amide bonds. The lowest BCUT2D eigenvalue weighted by molar-refractivity contribution is -0.0447. The first-order valence-corrected chi connectivity index (χ1v) is 11.1. The summed E-state index contributed by atoms with van der Waals surface area (Å²) < 4.78 is 13.2. The number of hydrogen-bond acceptors (Lipinski definition) is 6. The molecule has 5 rings (SSSR count). The second-order valence-corrected chi connectivity index (χ2v) is 8.02. The van der Waals surface area contributed by atoms with Crippen LogP contribution in [0.3, 0.4) is 0 Å². The van der Waals surface area contributed by atoms with E-state index < -0.39 is 0 Å². The van der Waals surface area contributed by atoms with Crippen LogP contribution in [0.2, 0.25) is 0 Å². The van der Waals surface area contributed by atoms with Crippen LogP contribution in [0, 0.1) is 0 Å². The monoisotopic (exact) mass is 443 g/mol. The molecule has 8 nitrogen and oxygen atoms in total. The van der Waals surface area contributed by atoms with Gasteiger partial charge in [0.1, 0.15) is 5.56 Å². The fraction of sp³-hybridized carbons (Fsp3) is 0.280. The smallest absolute Gasteiger partial charge is 0.261 e. The van der Waals surface area contributed by atoms with Crippen LogP contribution in [0.25, 0.3) is 16.9 Å². The van der Waals surface area contributed by atoms with Gasteiger partial charge in [-0.2, -0.15) is 5.10 Å². The van der Waals surface area contributed by atoms with Crippen molar-refractivity contribution >= 4 is 17.2 Å². The summed E-state index contributed by atoms with van der Waals surface area (Å²) >= 11 is 0. The van der Waals surface area contributed by atoms with Crippen molar-refractivity contribution in [2.45, 2.75) is 32.0 Å². The molecule has 1 unspecified atom stereocenters. The zero-order chi connectivity index (χ0) is 22.5. The summed E-state index contributed by atoms with van der Waals surface area (Å²) in [7, 11) is 0. The number of nitrogens with one attached hydrogen (secondary N) is 1. The zero-order valence-corrected chi connectivity index (χ0v) is 18.2. The van der Waals surface area contributed by atoms with Crippen molar-refractivity contribution in [1.29, 1.82) is 0 Å². The van der Waals surface area contributed by atoms with Crippen LogP contribution in [-0.4, -0.2) is 44.8 Å². The van der Waals surface area contributed by atoms with Gasteiger partial charge in [-0.15, -0.1) is 0 Å². The average molecular weight is 444 g/mol. The molecular formula is C25H25N5O3. The molecule has 1 atom stereocenters. The first kappa shape index (κ1) is 21.2. The van der Waals surface area contributed by atoms with E-state index >= 15 is 0 Å². The molecule has 1 aliphatic rings. The second-order valence-electron chi connectivity index (χ2n) is 8.02. The van der Waals surface area contributed by atoms with Gasteiger partial charge in [-0.05, 0) is 55.2 Å². The fourth-order valence-electron chi connectivity index (χ4n) is 3.97. The molecule has 168 valence electrons. The maximum absolute atomic E-state index is 13.0. The third-order valence-corrected chi connectivity index (χ3v) is 5.63. The number of benzene rings is 1. The van der Waals surface area contributed by atoms with Crippen LogP contribution < -0.4 is 5.32 Å². The number of nitrogens with zero attached hydrogens (tertiary/aromatic N) is 4. The van der Waals surface area contributed by atoms with E-state index in [9.17, 15) is 4.79 Å². The van der Waals surface area contributed by atoms with E-state index in [2.05, 4.69) is 20.4 Å². The number of anilines is 1. The van der Waals surface area contributed by atoms with Crippen molar-refractivity contribution in [3.63, 3.8) is 0 Å². The van der Waals surface area contributed by atoms with Gasteiger partial charge in [0, 0.05) is 36.4 Å². The maximum atomic E-state index is 13.0. The third kappa shape index (κ3) is 4.92. The lowest BCUT2D eigenvalue weighted by Gasteiger charge is -2.22. The Morgan fingerprint density at radius 1 is 1.15 bits per heavy atom. The highest BCUT2D eigenvalue weighted by Gasteiger charge is 2.17. The van der Waals surface area contributed by atoms with Crippen molar-refractivity contribution in [3.8, 4) is 11.3 Å². The number of amides is 1. The Morgan fingerprint density at radius 3 is 2.97 bits per heavy atom. The Hall–Kier alpha value is -3.62. The molecule has 1 N–H and O–H groups in total. The highest BCUT2D eigenvalue weighted by atomic mass is 16.5. The van der Waals surface area contributed by atoms with Gasteiger partial charge in [0.05, 0.1) is 31.2 Å². The number of pyridine rings is 1. The molecule has 1 fully saturated rings. The van der Waals surface area contributed by atoms with E-state index in [0.717, 1.165) is 36.3 Å². The number of hydrogen-bond donors (Lipinski definition) is 1. The quantitative estimate of drug-likeness (QED) is 0.462. The zero-order valence-electron chi connectivity index (χ0n) is 18.2. The van der Waals surface area contributed by atoms with Crippen molar-refractivity contribution in [2.75, 3.05) is 18.5 Å². The molecular weight excluding hydrogens is 418 g/mol. The van der Waals surface area contributed by atoms with Crippen LogP contribution >= 0.6 is 0 Å². The normalized spacial score (nSPS) is 16.1. The number of rotatable bonds is 7. The molecule has 1 aliphatic heterocycles. The molecule has 0 aliphatic carbocycles. The molecule has 0 radical (unpaired) electrons. The summed E-state index contributed by atoms with van der Waals surface area (Å²) in [5.74, 6) is -0.269. The number of aromatic nitrogens is 4. The minimum atomic E-state index is -0.269. The van der Waals surface area contributed by atoms with Crippen molar-refractivity contribution < 1.29 is 14.3 Å². The average Bonchev–Trinajstić information content (AvgIpc) is 3.30. The van der Waals surface area contributed by atoms with Crippen LogP contribution in [0.15, 0.2) is 67.3 Å². The van der Waals surface area contributed by atoms with Gasteiger partial charge in [-0.1, -0.05) is 12.1 Å². The Bertz CT molecular complexity index is 1240. The lowest BCUT2D eigenvalue weighted by Crippen LogP contribution is -2.24. The summed E-state index contributed by atoms with van der Waals surface area (Å²) in [6.07, 6.45) is 10.2. The minimum Gasteiger partial charge on any atom is -0.376 e. The molecule has 0 saturated carbocycles. The van der Waals surface area contributed by atoms with Gasteiger partial charge in [0.15, 0.2) is 5.65 Å². The molecule has 33 heavy (non-hydrogen) atoms. The standard InChI is InChI=1S/C25H25N5O3/c31-25(22-15-28-30-23(9-11-27-24(22)30)19-6-4-10-26-14-19)29-20-7-3-5-18(13-20)16-32-17-21-8-1-2-12-33-21/h3-7,9-11,13-15,21H,1-2,8,12,16-17H2,(H,29,31). The van der Waals surface area contributed by atoms with E-state index in [1.165, 1.54) is 12.6 Å². The Balaban J connectivity index is 1.27. The molecule has 0 bridgehead atoms. The van der Waals surface area contributed by atoms with Gasteiger partial charge < -0.3 is 14.8 Å². The first-order chi connectivity index (χ1) is 16.3. The van der Waals surface area contributed by atoms with Crippen LogP contribution in [0.4, 0.5) is 5.69 Å². The van der Waals surface area contributed by atoms with Crippen LogP contribution in [0.1, 0.15) is 35.2 Å². The highest BCUT2D eigenvalue weighted by Crippen LogP contribution is 2.21. The van der Waals surface area contributed by atoms with Gasteiger partial charge in [0.2, 0.25) is 0 Å². The van der Waals surface area contributed by atoms with Crippen molar-refractivity contribution in [2.24, 2.45) is 0 Å². The van der Waals surface area contributed by atoms with E-state index in [4.69, 9.17) is 9.47 Å². The predicted octanol–water partition coefficient (Wildman–Crippen LogP) is 4.13. The Morgan fingerprint density at radius 2 is 2.12 bits per heavy atom. The largest absolute Gasteiger partial charge is 0.376 e. The summed E-state index contributed by atoms with van der Waals surface area (Å²) in [4.78, 5) is 21.5. The maximum Gasteiger partial charge on any atom is 0.261 e. The molecule has 1 saturated heterocycles. The van der Waals surface area contributed by atoms with Gasteiger partial charge in [-0.3, -0.25) is 9.78 Å². The van der Waals surface area contributed by atoms with E-state index in [-0.39, 0.29) is 12.0 Å². The molecule has 1 aromatic carbocycles. The molecule has 4 heterocycles. The number of fused-ring (bicyclic) bond motifs is 1. The van der Waals surface area contributed by atoms with Crippen molar-refractivity contribution in [3.05, 3.63) is 78.4 Å². The Kier molecular flexibility index (Phi) is 6.37. The molecule has 3 aromatic heterocycles. The summed E-state index contributed by atoms with van der Waals surface area (Å²) in [5.41, 5.74) is 4.27. The number of ether oxygens (including phenoxy) is 2. The van der Waals surface area contributed by atoms with Crippen LogP contribution in [-0.2, 0) is 16.1 Å². The molecule has 4 aromatic rings. The fourth-order valence-corrected chi connectivity index (χ4v) is 3.97. The minimum absolute atomic E-state index is 0.182. The summed E-state index contributed by atoms with van der Waals surface area (Å²) in [5, 5.41) is 7.34. The Labute approximate surface area is 191 Å². The predicted molar refractivity (Wildman–Crippen MR) is 124 cm³/mol. The van der Waals surface area contributed by atoms with E-state index in [0.29, 0.717) is 30.1 Å². The van der Waals surface area contributed by atoms with Gasteiger partial charge >= 0.3 is 0 Å². The highest BCUT2D eigenvalue weighted by molar-refractivity contribution is 6.08. The van der Waals surface area contributed by atoms with Gasteiger partial charge in [-0.25, -0.2) is 9.50 Å². The third-order valence-electron chi connectivity index (χ3n) is 5.63. The first-order valence-electron chi connectivity index (χ1n) is 11.1. The SMILES string of the molecule is O=C(Nc1cccc(COCC2CCCCO2)c1)c1cnn2c(-c3cccnc3)ccnc12. The van der Waals surface area contributed by atoms with E-state index in [1.54, 1.807) is 23.1 Å². The topological polar surface area (TPSA) is 90.6 Å². The summed E-state index contributed by atoms with van der Waals surface area (Å²) in [6, 6.07) is 13.3. The van der Waals surface area contributed by atoms with Crippen LogP contribution in [0.5, 0.6) is 0 Å². The van der Waals surface area contributed by atoms with Crippen molar-refractivity contribution in [1.82, 2.24) is 19.6 Å². The second kappa shape index (κ2) is 9.89. The molecule has 0 spiro atoms. The summed E-state index contributed by atoms with van der Waals surface area (Å²) in [6.45, 7) is 1.87. The van der Waals surface area contributed by atoms with E-state index in [1.807, 2.05) is 42.5 Å². The molecule has 8 heteroatoms. The number of carbonyl (C=O) groups is 1. The lowest BCUT2D eigenvalue weighted by atomic mass is 10.1. The van der Waals surface area contributed by atoms with Gasteiger partial charge in [0.25, 0.3) is 5.91 Å². The number of carbonyl (C=O) groups excluding carboxylic acids is 1.